The van der Waals surface area contributed by atoms with Crippen molar-refractivity contribution in [3.63, 3.8) is 0 Å². The van der Waals surface area contributed by atoms with Gasteiger partial charge in [0.1, 0.15) is 22.8 Å². The summed E-state index contributed by atoms with van der Waals surface area (Å²) in [5.74, 6) is -0.865. The molecule has 0 saturated heterocycles. The number of fused-ring (bicyclic) bond motifs is 2. The number of carbonyl (C=O) groups excluding carboxylic acids is 1. The molecule has 0 aromatic heterocycles. The van der Waals surface area contributed by atoms with E-state index in [0.717, 1.165) is 0 Å². The molecule has 1 amide bonds. The van der Waals surface area contributed by atoms with Crippen molar-refractivity contribution in [1.82, 2.24) is 0 Å². The number of aromatic hydroxyl groups is 1. The van der Waals surface area contributed by atoms with Crippen LogP contribution in [0.5, 0.6) is 11.5 Å². The number of aliphatic hydroxyl groups excluding tert-OH is 1. The predicted molar refractivity (Wildman–Crippen MR) is 147 cm³/mol. The largest absolute Gasteiger partial charge is 0.746 e. The Morgan fingerprint density at radius 3 is 2.51 bits per heavy atom. The average molecular weight is 574 g/mol. The minimum absolute atomic E-state index is 0.00721. The minimum Gasteiger partial charge on any atom is -0.746 e. The van der Waals surface area contributed by atoms with Crippen LogP contribution in [-0.2, 0) is 15.8 Å². The molecule has 2 unspecified atom stereocenters. The maximum atomic E-state index is 12.2. The molecule has 2 atom stereocenters. The van der Waals surface area contributed by atoms with Crippen LogP contribution in [0.25, 0.3) is 33.4 Å². The number of phenols is 1. The van der Waals surface area contributed by atoms with E-state index in [0.29, 0.717) is 44.5 Å². The van der Waals surface area contributed by atoms with Crippen LogP contribution in [0.2, 0.25) is 0 Å². The molecule has 5 rings (SSSR count). The summed E-state index contributed by atoms with van der Waals surface area (Å²) in [7, 11) is -4.96. The zero-order chi connectivity index (χ0) is 29.3. The Kier molecular flexibility index (Phi) is 7.34. The summed E-state index contributed by atoms with van der Waals surface area (Å²) in [5, 5.41) is 21.6. The highest BCUT2D eigenvalue weighted by Crippen LogP contribution is 2.40. The summed E-state index contributed by atoms with van der Waals surface area (Å²) < 4.78 is 21.2. The summed E-state index contributed by atoms with van der Waals surface area (Å²) in [6.45, 7) is 0. The average Bonchev–Trinajstić information content (AvgIpc) is 2.91. The van der Waals surface area contributed by atoms with Crippen molar-refractivity contribution in [2.45, 2.75) is 12.5 Å². The second-order valence-electron chi connectivity index (χ2n) is 9.25. The van der Waals surface area contributed by atoms with Crippen molar-refractivity contribution in [1.29, 1.82) is 0 Å². The van der Waals surface area contributed by atoms with Gasteiger partial charge in [0, 0.05) is 35.1 Å². The molecule has 6 N–H and O–H groups in total. The van der Waals surface area contributed by atoms with E-state index in [-0.39, 0.29) is 29.2 Å². The van der Waals surface area contributed by atoms with Gasteiger partial charge in [-0.05, 0) is 59.7 Å². The molecule has 1 aliphatic carbocycles. The molecule has 3 aromatic rings. The number of phosphoric acid groups is 1. The van der Waals surface area contributed by atoms with Crippen LogP contribution in [-0.4, -0.2) is 33.0 Å². The Balaban J connectivity index is 1.50. The van der Waals surface area contributed by atoms with Crippen molar-refractivity contribution in [2.24, 2.45) is 5.73 Å². The van der Waals surface area contributed by atoms with Gasteiger partial charge in [-0.15, -0.1) is 0 Å². The van der Waals surface area contributed by atoms with Crippen molar-refractivity contribution in [3.8, 4) is 33.9 Å². The van der Waals surface area contributed by atoms with Crippen molar-refractivity contribution in [2.75, 3.05) is 0 Å². The maximum absolute atomic E-state index is 12.2. The number of nitrogens with one attached hydrogen (secondary N) is 1. The zero-order valence-corrected chi connectivity index (χ0v) is 22.1. The number of nitrogens with two attached hydrogens (primary N) is 1. The first-order chi connectivity index (χ1) is 19.5. The van der Waals surface area contributed by atoms with Gasteiger partial charge in [0.15, 0.2) is 5.43 Å². The Bertz CT molecular complexity index is 1880. The van der Waals surface area contributed by atoms with Crippen LogP contribution in [0.15, 0.2) is 94.1 Å². The van der Waals surface area contributed by atoms with Crippen LogP contribution in [0, 0.1) is 0 Å². The van der Waals surface area contributed by atoms with E-state index in [4.69, 9.17) is 15.0 Å². The number of hydrogen-bond donors (Lipinski definition) is 5. The third-order valence-electron chi connectivity index (χ3n) is 6.34. The number of carbonyl (C=O) groups is 1. The Morgan fingerprint density at radius 2 is 1.80 bits per heavy atom. The number of primary amides is 1. The molecular weight excluding hydrogens is 551 g/mol. The highest BCUT2D eigenvalue weighted by molar-refractivity contribution is 7.45. The number of amides is 1. The monoisotopic (exact) mass is 574 g/mol. The standard InChI is InChI=1S/C29H23N2O9P/c30-28(34)24(12-16-4-8-21(9-5-16)40-41(36,37)38)31-29(35)18-3-1-2-17(13-18)27-22-10-6-19(32)14-25(22)39-26-15-20(33)7-11-23(26)27/h1-11,13-15,24,32H,12H2,(H2,30,34)(H,31,35)(H2,36,37,38). The molecule has 11 nitrogen and oxygen atoms in total. The van der Waals surface area contributed by atoms with Gasteiger partial charge in [0.2, 0.25) is 6.04 Å². The first kappa shape index (κ1) is 27.6. The molecule has 0 fully saturated rings. The summed E-state index contributed by atoms with van der Waals surface area (Å²) in [6, 6.07) is 20.5. The smallest absolute Gasteiger partial charge is 0.366 e. The van der Waals surface area contributed by atoms with E-state index in [1.165, 1.54) is 48.5 Å². The number of benzene rings is 4. The predicted octanol–water partition coefficient (Wildman–Crippen LogP) is 1.59. The van der Waals surface area contributed by atoms with Crippen LogP contribution < -0.4 is 25.6 Å². The van der Waals surface area contributed by atoms with Gasteiger partial charge < -0.3 is 34.7 Å². The molecule has 0 saturated carbocycles. The quantitative estimate of drug-likeness (QED) is 0.0791. The van der Waals surface area contributed by atoms with Crippen LogP contribution in [0.3, 0.4) is 0 Å². The molecule has 0 radical (unpaired) electrons. The van der Waals surface area contributed by atoms with Gasteiger partial charge >= 0.3 is 13.7 Å². The van der Waals surface area contributed by atoms with E-state index in [9.17, 15) is 29.3 Å². The highest BCUT2D eigenvalue weighted by atomic mass is 31.2. The number of rotatable bonds is 8. The lowest BCUT2D eigenvalue weighted by atomic mass is 9.93. The van der Waals surface area contributed by atoms with E-state index in [2.05, 4.69) is 9.52 Å². The summed E-state index contributed by atoms with van der Waals surface area (Å²) in [5.41, 5.74) is 8.61. The topological polar surface area (TPSA) is 197 Å². The molecule has 3 aromatic carbocycles. The fourth-order valence-electron chi connectivity index (χ4n) is 4.52. The fourth-order valence-corrected chi connectivity index (χ4v) is 4.91. The molecule has 1 aliphatic heterocycles. The number of aliphatic hydroxyl groups is 1. The maximum Gasteiger partial charge on any atom is 0.366 e. The van der Waals surface area contributed by atoms with Crippen molar-refractivity contribution < 1.29 is 43.3 Å². The third-order valence-corrected chi connectivity index (χ3v) is 6.78. The lowest BCUT2D eigenvalue weighted by Gasteiger charge is -2.16. The molecule has 2 aliphatic rings. The highest BCUT2D eigenvalue weighted by Gasteiger charge is 2.24. The second kappa shape index (κ2) is 10.9. The first-order valence-electron chi connectivity index (χ1n) is 12.2. The summed E-state index contributed by atoms with van der Waals surface area (Å²) in [4.78, 5) is 46.7. The summed E-state index contributed by atoms with van der Waals surface area (Å²) in [6.07, 6.45) is 0.0456. The van der Waals surface area contributed by atoms with Crippen molar-refractivity contribution in [3.05, 3.63) is 106 Å². The van der Waals surface area contributed by atoms with Crippen LogP contribution in [0.4, 0.5) is 0 Å². The Labute approximate surface area is 232 Å². The van der Waals surface area contributed by atoms with Crippen molar-refractivity contribution >= 4 is 30.6 Å². The van der Waals surface area contributed by atoms with Gasteiger partial charge in [-0.25, -0.2) is 0 Å². The first-order valence-corrected chi connectivity index (χ1v) is 13.7. The van der Waals surface area contributed by atoms with Gasteiger partial charge in [-0.1, -0.05) is 24.3 Å². The SMILES string of the molecule is NC(=O)C(Cc1ccc(OP(=O)([O-])O)cc1)[NH+]=C(O)c1cccc(-c2c3ccc(=O)cc-3oc3cc(O)ccc23)c1. The summed E-state index contributed by atoms with van der Waals surface area (Å²) >= 11 is 0. The third kappa shape index (κ3) is 6.28. The molecular formula is C29H23N2O9P. The lowest BCUT2D eigenvalue weighted by Crippen LogP contribution is -2.83. The number of phenolic OH excluding ortho intramolecular Hbond substituents is 1. The lowest BCUT2D eigenvalue weighted by molar-refractivity contribution is -0.494. The molecule has 0 bridgehead atoms. The van der Waals surface area contributed by atoms with Gasteiger partial charge in [0.25, 0.3) is 5.91 Å². The second-order valence-corrected chi connectivity index (χ2v) is 10.4. The molecule has 208 valence electrons. The van der Waals surface area contributed by atoms with E-state index < -0.39 is 19.8 Å². The van der Waals surface area contributed by atoms with Crippen LogP contribution in [0.1, 0.15) is 11.1 Å². The molecule has 12 heteroatoms. The zero-order valence-electron chi connectivity index (χ0n) is 21.2. The Hall–Kier alpha value is -4.96. The Morgan fingerprint density at radius 1 is 1.05 bits per heavy atom. The minimum atomic E-state index is -4.96. The molecule has 1 heterocycles. The van der Waals surface area contributed by atoms with Crippen LogP contribution >= 0.6 is 7.82 Å². The molecule has 0 spiro atoms. The molecule has 41 heavy (non-hydrogen) atoms. The van der Waals surface area contributed by atoms with Gasteiger partial charge in [0.05, 0.1) is 5.56 Å². The fraction of sp³-hybridized carbons (Fsp3) is 0.0690. The van der Waals surface area contributed by atoms with Gasteiger partial charge in [-0.2, -0.15) is 4.99 Å². The van der Waals surface area contributed by atoms with E-state index in [1.54, 1.807) is 30.3 Å². The number of phosphoric ester groups is 1. The van der Waals surface area contributed by atoms with Gasteiger partial charge in [-0.3, -0.25) is 14.2 Å². The van der Waals surface area contributed by atoms with E-state index >= 15 is 0 Å². The number of hydrogen-bond acceptors (Lipinski definition) is 7. The van der Waals surface area contributed by atoms with E-state index in [1.807, 2.05) is 6.07 Å². The normalized spacial score (nSPS) is 14.0.